The van der Waals surface area contributed by atoms with Crippen LogP contribution in [0.2, 0.25) is 0 Å². The minimum absolute atomic E-state index is 0.154. The molecule has 0 unspecified atom stereocenters. The summed E-state index contributed by atoms with van der Waals surface area (Å²) in [6.45, 7) is 8.44. The smallest absolute Gasteiger partial charge is 0.349 e. The number of esters is 1. The molecule has 0 bridgehead atoms. The topological polar surface area (TPSA) is 105 Å². The number of benzene rings is 1. The van der Waals surface area contributed by atoms with Crippen LogP contribution in [0.3, 0.4) is 0 Å². The molecule has 164 valence electrons. The van der Waals surface area contributed by atoms with Gasteiger partial charge in [-0.3, -0.25) is 19.3 Å². The van der Waals surface area contributed by atoms with Gasteiger partial charge in [0.05, 0.1) is 16.4 Å². The van der Waals surface area contributed by atoms with Gasteiger partial charge in [-0.1, -0.05) is 32.9 Å². The molecule has 1 aromatic carbocycles. The molecule has 8 nitrogen and oxygen atoms in total. The molecule has 9 heteroatoms. The molecule has 1 atom stereocenters. The van der Waals surface area contributed by atoms with Crippen LogP contribution in [0, 0.1) is 12.3 Å². The highest BCUT2D eigenvalue weighted by atomic mass is 32.1. The molecule has 0 fully saturated rings. The number of nitrogens with zero attached hydrogens (tertiary/aromatic N) is 1. The van der Waals surface area contributed by atoms with Crippen molar-refractivity contribution in [2.24, 2.45) is 5.41 Å². The molecule has 2 aromatic rings. The molecule has 0 spiro atoms. The van der Waals surface area contributed by atoms with Crippen LogP contribution in [0.5, 0.6) is 0 Å². The van der Waals surface area contributed by atoms with E-state index in [-0.39, 0.29) is 18.4 Å². The first-order chi connectivity index (χ1) is 14.5. The van der Waals surface area contributed by atoms with Crippen LogP contribution in [0.15, 0.2) is 30.3 Å². The molecular formula is C22H25N3O5S. The molecule has 1 aliphatic heterocycles. The van der Waals surface area contributed by atoms with Crippen LogP contribution >= 0.6 is 11.3 Å². The Morgan fingerprint density at radius 2 is 1.90 bits per heavy atom. The molecule has 2 heterocycles. The summed E-state index contributed by atoms with van der Waals surface area (Å²) in [5.41, 5.74) is 1.14. The van der Waals surface area contributed by atoms with Gasteiger partial charge < -0.3 is 15.4 Å². The average Bonchev–Trinajstić information content (AvgIpc) is 3.06. The fourth-order valence-corrected chi connectivity index (χ4v) is 3.91. The number of carbonyl (C=O) groups is 4. The van der Waals surface area contributed by atoms with E-state index < -0.39 is 23.4 Å². The standard InChI is InChI=1S/C22H25N3O5S/c1-12-10-17(24-21(29)22(3,4)5)31-18(12)20(28)30-13(2)19(27)25-11-16(26)23-14-8-6-7-9-15(14)25/h6-10,13H,11H2,1-5H3,(H,23,26)(H,24,29)/t13-/m0/s1. The van der Waals surface area contributed by atoms with E-state index in [9.17, 15) is 19.2 Å². The molecule has 2 N–H and O–H groups in total. The number of aryl methyl sites for hydroxylation is 1. The van der Waals surface area contributed by atoms with Gasteiger partial charge in [0.1, 0.15) is 11.4 Å². The number of amides is 3. The number of nitrogens with one attached hydrogen (secondary N) is 2. The van der Waals surface area contributed by atoms with Gasteiger partial charge in [-0.2, -0.15) is 0 Å². The Labute approximate surface area is 184 Å². The van der Waals surface area contributed by atoms with E-state index >= 15 is 0 Å². The number of rotatable bonds is 4. The van der Waals surface area contributed by atoms with Gasteiger partial charge in [-0.25, -0.2) is 4.79 Å². The van der Waals surface area contributed by atoms with E-state index in [0.29, 0.717) is 26.8 Å². The molecule has 0 saturated heterocycles. The first-order valence-electron chi connectivity index (χ1n) is 9.80. The summed E-state index contributed by atoms with van der Waals surface area (Å²) >= 11 is 1.09. The Bertz CT molecular complexity index is 1050. The molecule has 3 amide bonds. The van der Waals surface area contributed by atoms with Gasteiger partial charge in [0.2, 0.25) is 11.8 Å². The number of thiophene rings is 1. The maximum absolute atomic E-state index is 12.9. The van der Waals surface area contributed by atoms with Crippen molar-refractivity contribution in [3.63, 3.8) is 0 Å². The zero-order chi connectivity index (χ0) is 22.9. The maximum Gasteiger partial charge on any atom is 0.349 e. The Morgan fingerprint density at radius 1 is 1.23 bits per heavy atom. The number of anilines is 3. The van der Waals surface area contributed by atoms with Crippen LogP contribution in [-0.2, 0) is 19.1 Å². The van der Waals surface area contributed by atoms with Gasteiger partial charge in [-0.15, -0.1) is 11.3 Å². The van der Waals surface area contributed by atoms with Crippen molar-refractivity contribution in [2.45, 2.75) is 40.7 Å². The number of hydrogen-bond acceptors (Lipinski definition) is 6. The summed E-state index contributed by atoms with van der Waals surface area (Å²) in [5.74, 6) is -1.64. The minimum Gasteiger partial charge on any atom is -0.448 e. The summed E-state index contributed by atoms with van der Waals surface area (Å²) in [6.07, 6.45) is -1.10. The third-order valence-electron chi connectivity index (χ3n) is 4.69. The van der Waals surface area contributed by atoms with Gasteiger partial charge >= 0.3 is 5.97 Å². The molecule has 1 aliphatic rings. The van der Waals surface area contributed by atoms with Crippen molar-refractivity contribution in [1.82, 2.24) is 0 Å². The van der Waals surface area contributed by atoms with E-state index in [0.717, 1.165) is 11.3 Å². The first-order valence-corrected chi connectivity index (χ1v) is 10.6. The quantitative estimate of drug-likeness (QED) is 0.703. The van der Waals surface area contributed by atoms with Crippen LogP contribution in [0.4, 0.5) is 16.4 Å². The normalized spacial score (nSPS) is 14.4. The van der Waals surface area contributed by atoms with Crippen LogP contribution in [-0.4, -0.2) is 36.3 Å². The fourth-order valence-electron chi connectivity index (χ4n) is 2.96. The predicted molar refractivity (Wildman–Crippen MR) is 119 cm³/mol. The van der Waals surface area contributed by atoms with E-state index in [1.165, 1.54) is 11.8 Å². The second kappa shape index (κ2) is 8.50. The molecule has 0 saturated carbocycles. The van der Waals surface area contributed by atoms with E-state index in [4.69, 9.17) is 4.74 Å². The van der Waals surface area contributed by atoms with Gasteiger partial charge in [0.15, 0.2) is 6.10 Å². The summed E-state index contributed by atoms with van der Waals surface area (Å²) in [7, 11) is 0. The Balaban J connectivity index is 1.72. The molecule has 0 aliphatic carbocycles. The molecule has 31 heavy (non-hydrogen) atoms. The average molecular weight is 444 g/mol. The highest BCUT2D eigenvalue weighted by Crippen LogP contribution is 2.31. The largest absolute Gasteiger partial charge is 0.448 e. The number of carbonyl (C=O) groups excluding carboxylic acids is 4. The Kier molecular flexibility index (Phi) is 6.17. The van der Waals surface area contributed by atoms with Crippen molar-refractivity contribution in [3.05, 3.63) is 40.8 Å². The van der Waals surface area contributed by atoms with Crippen molar-refractivity contribution in [2.75, 3.05) is 22.1 Å². The summed E-state index contributed by atoms with van der Waals surface area (Å²) in [4.78, 5) is 51.4. The lowest BCUT2D eigenvalue weighted by Crippen LogP contribution is -2.47. The summed E-state index contributed by atoms with van der Waals surface area (Å²) in [6, 6.07) is 8.63. The number of fused-ring (bicyclic) bond motifs is 1. The Morgan fingerprint density at radius 3 is 2.58 bits per heavy atom. The van der Waals surface area contributed by atoms with Crippen molar-refractivity contribution in [1.29, 1.82) is 0 Å². The second-order valence-electron chi connectivity index (χ2n) is 8.36. The SMILES string of the molecule is Cc1cc(NC(=O)C(C)(C)C)sc1C(=O)O[C@@H](C)C(=O)N1CC(=O)Nc2ccccc21. The van der Waals surface area contributed by atoms with Crippen molar-refractivity contribution in [3.8, 4) is 0 Å². The first kappa shape index (κ1) is 22.5. The fraction of sp³-hybridized carbons (Fsp3) is 0.364. The Hall–Kier alpha value is -3.20. The van der Waals surface area contributed by atoms with Crippen LogP contribution < -0.4 is 15.5 Å². The van der Waals surface area contributed by atoms with Crippen molar-refractivity contribution >= 4 is 51.4 Å². The highest BCUT2D eigenvalue weighted by molar-refractivity contribution is 7.18. The lowest BCUT2D eigenvalue weighted by Gasteiger charge is -2.30. The molecular weight excluding hydrogens is 418 g/mol. The molecule has 3 rings (SSSR count). The van der Waals surface area contributed by atoms with E-state index in [2.05, 4.69) is 10.6 Å². The van der Waals surface area contributed by atoms with Crippen molar-refractivity contribution < 1.29 is 23.9 Å². The second-order valence-corrected chi connectivity index (χ2v) is 9.42. The number of para-hydroxylation sites is 2. The summed E-state index contributed by atoms with van der Waals surface area (Å²) < 4.78 is 5.40. The predicted octanol–water partition coefficient (Wildman–Crippen LogP) is 3.57. The highest BCUT2D eigenvalue weighted by Gasteiger charge is 2.32. The third kappa shape index (κ3) is 4.93. The molecule has 1 aromatic heterocycles. The van der Waals surface area contributed by atoms with Gasteiger partial charge in [0, 0.05) is 5.41 Å². The van der Waals surface area contributed by atoms with E-state index in [1.807, 2.05) is 0 Å². The van der Waals surface area contributed by atoms with Gasteiger partial charge in [-0.05, 0) is 37.6 Å². The number of hydrogen-bond donors (Lipinski definition) is 2. The monoisotopic (exact) mass is 443 g/mol. The van der Waals surface area contributed by atoms with Crippen LogP contribution in [0.1, 0.15) is 42.9 Å². The minimum atomic E-state index is -1.10. The van der Waals surface area contributed by atoms with Crippen LogP contribution in [0.25, 0.3) is 0 Å². The lowest BCUT2D eigenvalue weighted by atomic mass is 9.96. The van der Waals surface area contributed by atoms with Gasteiger partial charge in [0.25, 0.3) is 5.91 Å². The lowest BCUT2D eigenvalue weighted by molar-refractivity contribution is -0.128. The summed E-state index contributed by atoms with van der Waals surface area (Å²) in [5, 5.41) is 6.04. The number of ether oxygens (including phenoxy) is 1. The third-order valence-corrected chi connectivity index (χ3v) is 5.82. The molecule has 0 radical (unpaired) electrons. The zero-order valence-corrected chi connectivity index (χ0v) is 18.9. The maximum atomic E-state index is 12.9. The van der Waals surface area contributed by atoms with E-state index in [1.54, 1.807) is 58.0 Å². The zero-order valence-electron chi connectivity index (χ0n) is 18.1.